The van der Waals surface area contributed by atoms with Gasteiger partial charge in [-0.1, -0.05) is 31.0 Å². The Bertz CT molecular complexity index is 180. The van der Waals surface area contributed by atoms with Gasteiger partial charge in [0.15, 0.2) is 0 Å². The summed E-state index contributed by atoms with van der Waals surface area (Å²) in [6.07, 6.45) is 3.05. The van der Waals surface area contributed by atoms with Gasteiger partial charge in [0.05, 0.1) is 5.03 Å². The molecule has 0 radical (unpaired) electrons. The minimum absolute atomic E-state index is 0.264. The Labute approximate surface area is 72.7 Å². The lowest BCUT2D eigenvalue weighted by molar-refractivity contribution is 0.642. The molecule has 0 aromatic carbocycles. The Morgan fingerprint density at radius 1 is 1.36 bits per heavy atom. The van der Waals surface area contributed by atoms with Crippen LogP contribution in [0.2, 0.25) is 0 Å². The molecule has 0 unspecified atom stereocenters. The maximum Gasteiger partial charge on any atom is 0.137 e. The molecule has 0 aliphatic heterocycles. The van der Waals surface area contributed by atoms with Crippen molar-refractivity contribution in [2.45, 2.75) is 33.6 Å². The summed E-state index contributed by atoms with van der Waals surface area (Å²) in [6, 6.07) is 0. The molecule has 1 aliphatic rings. The molecule has 11 heavy (non-hydrogen) atoms. The smallest absolute Gasteiger partial charge is 0.137 e. The number of hydrogen-bond donors (Lipinski definition) is 0. The monoisotopic (exact) mass is 176 g/mol. The standard InChI is InChI=1S/C7H8ClF.C2H6/c1-5-2-3-6(8)7(9)4-5;1-2/h4H,2-3H2,1H3;1-2H3. The molecule has 0 saturated carbocycles. The molecule has 2 heteroatoms. The second-order valence-corrected chi connectivity index (χ2v) is 2.70. The highest BCUT2D eigenvalue weighted by Gasteiger charge is 2.07. The molecule has 0 heterocycles. The average molecular weight is 177 g/mol. The summed E-state index contributed by atoms with van der Waals surface area (Å²) in [7, 11) is 0. The molecule has 0 saturated heterocycles. The summed E-state index contributed by atoms with van der Waals surface area (Å²) < 4.78 is 12.5. The third-order valence-electron chi connectivity index (χ3n) is 1.37. The Morgan fingerprint density at radius 2 is 1.91 bits per heavy atom. The van der Waals surface area contributed by atoms with Crippen molar-refractivity contribution in [2.24, 2.45) is 0 Å². The van der Waals surface area contributed by atoms with E-state index in [1.54, 1.807) is 0 Å². The van der Waals surface area contributed by atoms with Crippen molar-refractivity contribution < 1.29 is 4.39 Å². The average Bonchev–Trinajstić information content (AvgIpc) is 2.02. The Balaban J connectivity index is 0.000000461. The van der Waals surface area contributed by atoms with Crippen LogP contribution in [0.5, 0.6) is 0 Å². The number of halogens is 2. The van der Waals surface area contributed by atoms with Gasteiger partial charge in [-0.15, -0.1) is 0 Å². The van der Waals surface area contributed by atoms with Crippen LogP contribution in [0.4, 0.5) is 4.39 Å². The minimum atomic E-state index is -0.264. The van der Waals surface area contributed by atoms with Crippen molar-refractivity contribution in [3.63, 3.8) is 0 Å². The predicted octanol–water partition coefficient (Wildman–Crippen LogP) is 4.17. The molecule has 0 amide bonds. The third kappa shape index (κ3) is 3.57. The molecule has 0 atom stereocenters. The van der Waals surface area contributed by atoms with Gasteiger partial charge in [-0.25, -0.2) is 4.39 Å². The van der Waals surface area contributed by atoms with Crippen LogP contribution in [0, 0.1) is 0 Å². The van der Waals surface area contributed by atoms with Gasteiger partial charge in [0.1, 0.15) is 5.83 Å². The summed E-state index contributed by atoms with van der Waals surface area (Å²) >= 11 is 5.49. The van der Waals surface area contributed by atoms with E-state index < -0.39 is 0 Å². The van der Waals surface area contributed by atoms with Crippen LogP contribution in [0.25, 0.3) is 0 Å². The van der Waals surface area contributed by atoms with Crippen LogP contribution in [0.15, 0.2) is 22.5 Å². The van der Waals surface area contributed by atoms with E-state index in [-0.39, 0.29) is 5.83 Å². The molecule has 64 valence electrons. The first kappa shape index (κ1) is 10.7. The fourth-order valence-electron chi connectivity index (χ4n) is 0.793. The SMILES string of the molecule is CC.CC1=CC(F)=C(Cl)CC1. The summed E-state index contributed by atoms with van der Waals surface area (Å²) in [6.45, 7) is 5.91. The lowest BCUT2D eigenvalue weighted by atomic mass is 10.1. The van der Waals surface area contributed by atoms with E-state index in [0.29, 0.717) is 11.5 Å². The van der Waals surface area contributed by atoms with E-state index in [1.807, 2.05) is 20.8 Å². The van der Waals surface area contributed by atoms with Crippen molar-refractivity contribution in [1.82, 2.24) is 0 Å². The van der Waals surface area contributed by atoms with E-state index in [9.17, 15) is 4.39 Å². The van der Waals surface area contributed by atoms with Crippen LogP contribution in [-0.2, 0) is 0 Å². The Kier molecular flexibility index (Phi) is 5.22. The van der Waals surface area contributed by atoms with Crippen LogP contribution < -0.4 is 0 Å². The molecule has 0 aromatic rings. The zero-order valence-corrected chi connectivity index (χ0v) is 8.00. The molecular formula is C9H14ClF. The fourth-order valence-corrected chi connectivity index (χ4v) is 0.942. The van der Waals surface area contributed by atoms with E-state index in [1.165, 1.54) is 6.08 Å². The molecular weight excluding hydrogens is 163 g/mol. The topological polar surface area (TPSA) is 0 Å². The Morgan fingerprint density at radius 3 is 2.27 bits per heavy atom. The first-order chi connectivity index (χ1) is 5.20. The maximum absolute atomic E-state index is 12.5. The largest absolute Gasteiger partial charge is 0.206 e. The van der Waals surface area contributed by atoms with Crippen LogP contribution >= 0.6 is 11.6 Å². The quantitative estimate of drug-likeness (QED) is 0.520. The normalized spacial score (nSPS) is 17.0. The van der Waals surface area contributed by atoms with Gasteiger partial charge in [0, 0.05) is 0 Å². The van der Waals surface area contributed by atoms with Gasteiger partial charge in [-0.2, -0.15) is 0 Å². The Hall–Kier alpha value is -0.300. The second-order valence-electron chi connectivity index (χ2n) is 2.24. The highest BCUT2D eigenvalue weighted by Crippen LogP contribution is 2.26. The van der Waals surface area contributed by atoms with Gasteiger partial charge in [-0.05, 0) is 25.8 Å². The molecule has 0 N–H and O–H groups in total. The van der Waals surface area contributed by atoms with E-state index in [0.717, 1.165) is 12.0 Å². The van der Waals surface area contributed by atoms with Gasteiger partial charge in [0.2, 0.25) is 0 Å². The predicted molar refractivity (Wildman–Crippen MR) is 48.3 cm³/mol. The minimum Gasteiger partial charge on any atom is -0.206 e. The lowest BCUT2D eigenvalue weighted by Gasteiger charge is -2.06. The van der Waals surface area contributed by atoms with Crippen molar-refractivity contribution in [1.29, 1.82) is 0 Å². The van der Waals surface area contributed by atoms with Crippen molar-refractivity contribution in [2.75, 3.05) is 0 Å². The van der Waals surface area contributed by atoms with E-state index in [2.05, 4.69) is 0 Å². The fraction of sp³-hybridized carbons (Fsp3) is 0.556. The van der Waals surface area contributed by atoms with Crippen LogP contribution in [0.1, 0.15) is 33.6 Å². The van der Waals surface area contributed by atoms with Crippen molar-refractivity contribution >= 4 is 11.6 Å². The number of hydrogen-bond acceptors (Lipinski definition) is 0. The summed E-state index contributed by atoms with van der Waals surface area (Å²) in [4.78, 5) is 0. The highest BCUT2D eigenvalue weighted by atomic mass is 35.5. The van der Waals surface area contributed by atoms with E-state index >= 15 is 0 Å². The van der Waals surface area contributed by atoms with Gasteiger partial charge >= 0.3 is 0 Å². The zero-order chi connectivity index (χ0) is 8.85. The first-order valence-corrected chi connectivity index (χ1v) is 4.29. The van der Waals surface area contributed by atoms with Gasteiger partial charge < -0.3 is 0 Å². The van der Waals surface area contributed by atoms with Crippen LogP contribution in [-0.4, -0.2) is 0 Å². The molecule has 0 spiro atoms. The highest BCUT2D eigenvalue weighted by molar-refractivity contribution is 6.30. The van der Waals surface area contributed by atoms with Crippen molar-refractivity contribution in [3.05, 3.63) is 22.5 Å². The van der Waals surface area contributed by atoms with Crippen molar-refractivity contribution in [3.8, 4) is 0 Å². The maximum atomic E-state index is 12.5. The molecule has 0 aromatic heterocycles. The number of allylic oxidation sites excluding steroid dienone is 4. The number of rotatable bonds is 0. The second kappa shape index (κ2) is 5.36. The lowest BCUT2D eigenvalue weighted by Crippen LogP contribution is -1.88. The molecule has 0 bridgehead atoms. The molecule has 1 rings (SSSR count). The molecule has 1 aliphatic carbocycles. The molecule has 0 fully saturated rings. The van der Waals surface area contributed by atoms with Crippen LogP contribution in [0.3, 0.4) is 0 Å². The van der Waals surface area contributed by atoms with Gasteiger partial charge in [-0.3, -0.25) is 0 Å². The van der Waals surface area contributed by atoms with Gasteiger partial charge in [0.25, 0.3) is 0 Å². The summed E-state index contributed by atoms with van der Waals surface area (Å²) in [5.74, 6) is -0.264. The summed E-state index contributed by atoms with van der Waals surface area (Å²) in [5, 5.41) is 0.362. The third-order valence-corrected chi connectivity index (χ3v) is 1.74. The molecule has 0 nitrogen and oxygen atoms in total. The summed E-state index contributed by atoms with van der Waals surface area (Å²) in [5.41, 5.74) is 1.07. The zero-order valence-electron chi connectivity index (χ0n) is 7.25. The first-order valence-electron chi connectivity index (χ1n) is 3.91. The van der Waals surface area contributed by atoms with E-state index in [4.69, 9.17) is 11.6 Å².